The van der Waals surface area contributed by atoms with E-state index in [0.717, 1.165) is 0 Å². The first-order chi connectivity index (χ1) is 9.21. The van der Waals surface area contributed by atoms with Crippen LogP contribution in [-0.4, -0.2) is 45.2 Å². The van der Waals surface area contributed by atoms with Gasteiger partial charge in [-0.3, -0.25) is 0 Å². The van der Waals surface area contributed by atoms with Crippen LogP contribution in [0.25, 0.3) is 0 Å². The SMILES string of the molecule is C=C1C(=O)O[C@@H]2/C=C(/C)[C@@H](O)/C=C/[C@](C)(O)C[C@@H](O)[C@@H]12. The van der Waals surface area contributed by atoms with E-state index in [-0.39, 0.29) is 12.0 Å². The normalized spacial score (nSPS) is 46.1. The van der Waals surface area contributed by atoms with Crippen LogP contribution in [0.3, 0.4) is 0 Å². The Labute approximate surface area is 117 Å². The molecular weight excluding hydrogens is 260 g/mol. The molecule has 2 aliphatic rings. The molecule has 3 N–H and O–H groups in total. The molecule has 1 aliphatic carbocycles. The Hall–Kier alpha value is -1.43. The topological polar surface area (TPSA) is 87.0 Å². The van der Waals surface area contributed by atoms with Crippen LogP contribution in [0.5, 0.6) is 0 Å². The Morgan fingerprint density at radius 2 is 2.10 bits per heavy atom. The van der Waals surface area contributed by atoms with Gasteiger partial charge in [-0.2, -0.15) is 0 Å². The van der Waals surface area contributed by atoms with Gasteiger partial charge in [-0.15, -0.1) is 0 Å². The van der Waals surface area contributed by atoms with Crippen molar-refractivity contribution in [2.75, 3.05) is 0 Å². The largest absolute Gasteiger partial charge is 0.454 e. The Morgan fingerprint density at radius 3 is 2.75 bits per heavy atom. The minimum Gasteiger partial charge on any atom is -0.454 e. The lowest BCUT2D eigenvalue weighted by Gasteiger charge is -2.29. The van der Waals surface area contributed by atoms with E-state index in [9.17, 15) is 20.1 Å². The van der Waals surface area contributed by atoms with Crippen LogP contribution in [0.15, 0.2) is 36.0 Å². The molecule has 110 valence electrons. The average Bonchev–Trinajstić information content (AvgIpc) is 2.60. The highest BCUT2D eigenvalue weighted by Crippen LogP contribution is 2.35. The summed E-state index contributed by atoms with van der Waals surface area (Å²) in [6.07, 6.45) is 2.08. The van der Waals surface area contributed by atoms with Gasteiger partial charge in [0.05, 0.1) is 23.7 Å². The van der Waals surface area contributed by atoms with Gasteiger partial charge in [-0.05, 0) is 25.5 Å². The molecule has 5 heteroatoms. The van der Waals surface area contributed by atoms with E-state index in [1.807, 2.05) is 0 Å². The standard InChI is InChI=1S/C15H20O5/c1-8-6-12-13(9(2)14(18)20-12)11(17)7-15(3,19)5-4-10(8)16/h4-6,10-13,16-17,19H,2,7H2,1,3H3/b5-4+,8-6-/t10-,11+,12+,13+,15-/m0/s1. The molecule has 5 nitrogen and oxygen atoms in total. The average molecular weight is 280 g/mol. The summed E-state index contributed by atoms with van der Waals surface area (Å²) in [5.41, 5.74) is -0.501. The van der Waals surface area contributed by atoms with E-state index in [1.54, 1.807) is 13.0 Å². The van der Waals surface area contributed by atoms with Crippen LogP contribution in [0, 0.1) is 5.92 Å². The molecular formula is C15H20O5. The molecule has 1 saturated heterocycles. The molecule has 0 unspecified atom stereocenters. The molecule has 1 aliphatic heterocycles. The third-order valence-corrected chi connectivity index (χ3v) is 3.83. The van der Waals surface area contributed by atoms with Crippen molar-refractivity contribution < 1.29 is 24.9 Å². The maximum Gasteiger partial charge on any atom is 0.334 e. The predicted octanol–water partition coefficient (Wildman–Crippen LogP) is 0.463. The molecule has 0 saturated carbocycles. The van der Waals surface area contributed by atoms with Crippen molar-refractivity contribution >= 4 is 5.97 Å². The molecule has 0 aromatic carbocycles. The number of rotatable bonds is 0. The lowest BCUT2D eigenvalue weighted by atomic mass is 9.82. The fraction of sp³-hybridized carbons (Fsp3) is 0.533. The number of carbonyl (C=O) groups excluding carboxylic acids is 1. The highest BCUT2D eigenvalue weighted by Gasteiger charge is 2.43. The number of aliphatic hydroxyl groups is 3. The second-order valence-electron chi connectivity index (χ2n) is 5.76. The highest BCUT2D eigenvalue weighted by atomic mass is 16.6. The molecule has 0 spiro atoms. The molecule has 20 heavy (non-hydrogen) atoms. The van der Waals surface area contributed by atoms with Gasteiger partial charge in [0, 0.05) is 12.0 Å². The van der Waals surface area contributed by atoms with Crippen molar-refractivity contribution in [3.05, 3.63) is 36.0 Å². The van der Waals surface area contributed by atoms with Crippen LogP contribution < -0.4 is 0 Å². The Kier molecular flexibility index (Phi) is 3.86. The number of esters is 1. The summed E-state index contributed by atoms with van der Waals surface area (Å²) in [4.78, 5) is 11.6. The summed E-state index contributed by atoms with van der Waals surface area (Å²) in [5, 5.41) is 30.5. The van der Waals surface area contributed by atoms with E-state index < -0.39 is 35.8 Å². The molecule has 0 radical (unpaired) electrons. The second-order valence-corrected chi connectivity index (χ2v) is 5.76. The lowest BCUT2D eigenvalue weighted by Crippen LogP contribution is -2.36. The molecule has 0 bridgehead atoms. The number of ether oxygens (including phenoxy) is 1. The number of aliphatic hydroxyl groups excluding tert-OH is 2. The molecule has 0 aromatic rings. The summed E-state index contributed by atoms with van der Waals surface area (Å²) in [5.74, 6) is -1.16. The van der Waals surface area contributed by atoms with Crippen LogP contribution in [0.2, 0.25) is 0 Å². The van der Waals surface area contributed by atoms with Gasteiger partial charge in [0.15, 0.2) is 0 Å². The van der Waals surface area contributed by atoms with Crippen molar-refractivity contribution in [2.45, 2.75) is 44.2 Å². The fourth-order valence-electron chi connectivity index (χ4n) is 2.62. The molecule has 1 fully saturated rings. The van der Waals surface area contributed by atoms with E-state index in [4.69, 9.17) is 4.74 Å². The molecule has 2 rings (SSSR count). The summed E-state index contributed by atoms with van der Waals surface area (Å²) in [6.45, 7) is 6.90. The number of hydrogen-bond acceptors (Lipinski definition) is 5. The first kappa shape index (κ1) is 15.0. The number of hydrogen-bond donors (Lipinski definition) is 3. The second kappa shape index (κ2) is 5.16. The minimum atomic E-state index is -1.28. The third kappa shape index (κ3) is 2.85. The van der Waals surface area contributed by atoms with Gasteiger partial charge in [0.1, 0.15) is 6.10 Å². The maximum atomic E-state index is 11.6. The van der Waals surface area contributed by atoms with Crippen molar-refractivity contribution in [3.8, 4) is 0 Å². The quantitative estimate of drug-likeness (QED) is 0.341. The van der Waals surface area contributed by atoms with Gasteiger partial charge in [0.25, 0.3) is 0 Å². The Morgan fingerprint density at radius 1 is 1.45 bits per heavy atom. The van der Waals surface area contributed by atoms with E-state index in [0.29, 0.717) is 5.57 Å². The molecule has 0 amide bonds. The van der Waals surface area contributed by atoms with Crippen molar-refractivity contribution in [3.63, 3.8) is 0 Å². The van der Waals surface area contributed by atoms with E-state index in [2.05, 4.69) is 6.58 Å². The van der Waals surface area contributed by atoms with Gasteiger partial charge in [-0.25, -0.2) is 4.79 Å². The monoisotopic (exact) mass is 280 g/mol. The lowest BCUT2D eigenvalue weighted by molar-refractivity contribution is -0.137. The first-order valence-electron chi connectivity index (χ1n) is 6.57. The number of carbonyl (C=O) groups is 1. The summed E-state index contributed by atoms with van der Waals surface area (Å²) in [7, 11) is 0. The van der Waals surface area contributed by atoms with Crippen LogP contribution >= 0.6 is 0 Å². The third-order valence-electron chi connectivity index (χ3n) is 3.83. The van der Waals surface area contributed by atoms with Crippen LogP contribution in [0.4, 0.5) is 0 Å². The van der Waals surface area contributed by atoms with Crippen LogP contribution in [-0.2, 0) is 9.53 Å². The molecule has 1 heterocycles. The van der Waals surface area contributed by atoms with Gasteiger partial charge in [-0.1, -0.05) is 18.7 Å². The zero-order valence-electron chi connectivity index (χ0n) is 11.6. The predicted molar refractivity (Wildman–Crippen MR) is 72.7 cm³/mol. The number of fused-ring (bicyclic) bond motifs is 1. The van der Waals surface area contributed by atoms with Crippen molar-refractivity contribution in [1.82, 2.24) is 0 Å². The van der Waals surface area contributed by atoms with Gasteiger partial charge >= 0.3 is 5.97 Å². The Bertz CT molecular complexity index is 488. The van der Waals surface area contributed by atoms with Crippen LogP contribution in [0.1, 0.15) is 20.3 Å². The minimum absolute atomic E-state index is 0.0277. The maximum absolute atomic E-state index is 11.6. The van der Waals surface area contributed by atoms with Gasteiger partial charge < -0.3 is 20.1 Å². The first-order valence-corrected chi connectivity index (χ1v) is 6.57. The van der Waals surface area contributed by atoms with Crippen molar-refractivity contribution in [2.24, 2.45) is 5.92 Å². The summed E-state index contributed by atoms with van der Waals surface area (Å²) >= 11 is 0. The fourth-order valence-corrected chi connectivity index (χ4v) is 2.62. The van der Waals surface area contributed by atoms with Crippen molar-refractivity contribution in [1.29, 1.82) is 0 Å². The van der Waals surface area contributed by atoms with E-state index >= 15 is 0 Å². The molecule has 5 atom stereocenters. The smallest absolute Gasteiger partial charge is 0.334 e. The van der Waals surface area contributed by atoms with E-state index in [1.165, 1.54) is 19.1 Å². The zero-order chi connectivity index (χ0) is 15.1. The molecule has 0 aromatic heterocycles. The zero-order valence-corrected chi connectivity index (χ0v) is 11.6. The Balaban J connectivity index is 2.43. The highest BCUT2D eigenvalue weighted by molar-refractivity contribution is 5.91. The summed E-state index contributed by atoms with van der Waals surface area (Å²) < 4.78 is 5.18. The van der Waals surface area contributed by atoms with Gasteiger partial charge in [0.2, 0.25) is 0 Å². The summed E-state index contributed by atoms with van der Waals surface area (Å²) in [6, 6.07) is 0.